The Morgan fingerprint density at radius 3 is 2.64 bits per heavy atom. The SMILES string of the molecule is O=C(Nc1cccc(C(=O)N2CCN(c3nccs3)CC2)c1)C1CC1. The molecule has 6 nitrogen and oxygen atoms in total. The van der Waals surface area contributed by atoms with E-state index in [4.69, 9.17) is 0 Å². The number of carbonyl (C=O) groups excluding carboxylic acids is 2. The lowest BCUT2D eigenvalue weighted by Gasteiger charge is -2.34. The van der Waals surface area contributed by atoms with Crippen LogP contribution in [0.15, 0.2) is 35.8 Å². The number of hydrogen-bond acceptors (Lipinski definition) is 5. The van der Waals surface area contributed by atoms with Gasteiger partial charge in [-0.15, -0.1) is 11.3 Å². The van der Waals surface area contributed by atoms with Crippen molar-refractivity contribution in [2.75, 3.05) is 36.4 Å². The summed E-state index contributed by atoms with van der Waals surface area (Å²) < 4.78 is 0. The van der Waals surface area contributed by atoms with Crippen LogP contribution in [-0.2, 0) is 4.79 Å². The number of carbonyl (C=O) groups is 2. The first kappa shape index (κ1) is 16.1. The summed E-state index contributed by atoms with van der Waals surface area (Å²) in [4.78, 5) is 33.1. The molecule has 25 heavy (non-hydrogen) atoms. The first-order valence-electron chi connectivity index (χ1n) is 8.55. The van der Waals surface area contributed by atoms with Gasteiger partial charge in [-0.1, -0.05) is 6.07 Å². The van der Waals surface area contributed by atoms with Crippen LogP contribution in [0.25, 0.3) is 0 Å². The Labute approximate surface area is 150 Å². The van der Waals surface area contributed by atoms with Crippen molar-refractivity contribution in [1.82, 2.24) is 9.88 Å². The molecule has 0 unspecified atom stereocenters. The van der Waals surface area contributed by atoms with Crippen LogP contribution in [0.4, 0.5) is 10.8 Å². The summed E-state index contributed by atoms with van der Waals surface area (Å²) in [5, 5.41) is 5.88. The zero-order valence-corrected chi connectivity index (χ0v) is 14.7. The fourth-order valence-corrected chi connectivity index (χ4v) is 3.67. The van der Waals surface area contributed by atoms with Crippen LogP contribution < -0.4 is 10.2 Å². The van der Waals surface area contributed by atoms with Gasteiger partial charge in [-0.25, -0.2) is 4.98 Å². The maximum atomic E-state index is 12.8. The van der Waals surface area contributed by atoms with E-state index < -0.39 is 0 Å². The lowest BCUT2D eigenvalue weighted by Crippen LogP contribution is -2.48. The minimum Gasteiger partial charge on any atom is -0.345 e. The second-order valence-corrected chi connectivity index (χ2v) is 7.31. The quantitative estimate of drug-likeness (QED) is 0.914. The highest BCUT2D eigenvalue weighted by Gasteiger charge is 2.29. The van der Waals surface area contributed by atoms with Crippen molar-refractivity contribution >= 4 is 34.0 Å². The van der Waals surface area contributed by atoms with E-state index >= 15 is 0 Å². The van der Waals surface area contributed by atoms with Gasteiger partial charge < -0.3 is 15.1 Å². The molecule has 1 aromatic carbocycles. The lowest BCUT2D eigenvalue weighted by molar-refractivity contribution is -0.117. The molecule has 7 heteroatoms. The summed E-state index contributed by atoms with van der Waals surface area (Å²) in [6.45, 7) is 2.93. The van der Waals surface area contributed by atoms with E-state index in [1.165, 1.54) is 0 Å². The van der Waals surface area contributed by atoms with Crippen molar-refractivity contribution in [3.8, 4) is 0 Å². The van der Waals surface area contributed by atoms with Crippen molar-refractivity contribution in [3.63, 3.8) is 0 Å². The van der Waals surface area contributed by atoms with E-state index in [9.17, 15) is 9.59 Å². The van der Waals surface area contributed by atoms with E-state index in [0.717, 1.165) is 31.1 Å². The van der Waals surface area contributed by atoms with Crippen LogP contribution in [0.3, 0.4) is 0 Å². The van der Waals surface area contributed by atoms with Gasteiger partial charge in [-0.2, -0.15) is 0 Å². The monoisotopic (exact) mass is 356 g/mol. The Bertz CT molecular complexity index is 765. The average Bonchev–Trinajstić information content (AvgIpc) is 3.36. The molecule has 2 heterocycles. The van der Waals surface area contributed by atoms with Gasteiger partial charge in [-0.3, -0.25) is 9.59 Å². The molecule has 0 radical (unpaired) electrons. The minimum atomic E-state index is 0.0151. The molecule has 2 aliphatic rings. The average molecular weight is 356 g/mol. The van der Waals surface area contributed by atoms with Crippen LogP contribution >= 0.6 is 11.3 Å². The summed E-state index contributed by atoms with van der Waals surface area (Å²) in [6, 6.07) is 7.23. The third-order valence-electron chi connectivity index (χ3n) is 4.58. The standard InChI is InChI=1S/C18H20N4O2S/c23-16(13-4-5-13)20-15-3-1-2-14(12-15)17(24)21-7-9-22(10-8-21)18-19-6-11-25-18/h1-3,6,11-13H,4-5,7-10H2,(H,20,23). The van der Waals surface area contributed by atoms with Gasteiger partial charge in [0.25, 0.3) is 5.91 Å². The third-order valence-corrected chi connectivity index (χ3v) is 5.41. The molecule has 1 N–H and O–H groups in total. The fourth-order valence-electron chi connectivity index (χ4n) is 2.98. The molecule has 1 aromatic heterocycles. The maximum absolute atomic E-state index is 12.8. The van der Waals surface area contributed by atoms with Gasteiger partial charge in [0.05, 0.1) is 0 Å². The van der Waals surface area contributed by atoms with Gasteiger partial charge in [0.1, 0.15) is 0 Å². The number of piperazine rings is 1. The van der Waals surface area contributed by atoms with E-state index in [2.05, 4.69) is 15.2 Å². The van der Waals surface area contributed by atoms with Crippen molar-refractivity contribution in [2.45, 2.75) is 12.8 Å². The normalized spacial score (nSPS) is 17.4. The third kappa shape index (κ3) is 3.66. The van der Waals surface area contributed by atoms with E-state index in [1.54, 1.807) is 23.6 Å². The minimum absolute atomic E-state index is 0.0151. The number of nitrogens with zero attached hydrogens (tertiary/aromatic N) is 3. The lowest BCUT2D eigenvalue weighted by atomic mass is 10.1. The number of anilines is 2. The fraction of sp³-hybridized carbons (Fsp3) is 0.389. The molecule has 1 saturated heterocycles. The number of rotatable bonds is 4. The Morgan fingerprint density at radius 2 is 1.96 bits per heavy atom. The molecule has 2 aromatic rings. The number of amides is 2. The van der Waals surface area contributed by atoms with Crippen LogP contribution in [0, 0.1) is 5.92 Å². The predicted octanol–water partition coefficient (Wildman–Crippen LogP) is 2.45. The van der Waals surface area contributed by atoms with Crippen LogP contribution in [-0.4, -0.2) is 47.9 Å². The molecule has 2 fully saturated rings. The van der Waals surface area contributed by atoms with E-state index in [0.29, 0.717) is 24.3 Å². The Kier molecular flexibility index (Phi) is 4.40. The number of nitrogens with one attached hydrogen (secondary N) is 1. The number of thiazole rings is 1. The molecule has 0 spiro atoms. The number of aromatic nitrogens is 1. The van der Waals surface area contributed by atoms with Gasteiger partial charge >= 0.3 is 0 Å². The zero-order valence-electron chi connectivity index (χ0n) is 13.9. The molecule has 1 aliphatic carbocycles. The second-order valence-electron chi connectivity index (χ2n) is 6.44. The highest BCUT2D eigenvalue weighted by Crippen LogP contribution is 2.30. The van der Waals surface area contributed by atoms with Crippen molar-refractivity contribution in [3.05, 3.63) is 41.4 Å². The molecular weight excluding hydrogens is 336 g/mol. The molecule has 130 valence electrons. The van der Waals surface area contributed by atoms with Crippen molar-refractivity contribution in [1.29, 1.82) is 0 Å². The predicted molar refractivity (Wildman–Crippen MR) is 98.0 cm³/mol. The van der Waals surface area contributed by atoms with Crippen LogP contribution in [0.5, 0.6) is 0 Å². The molecule has 4 rings (SSSR count). The second kappa shape index (κ2) is 6.84. The Balaban J connectivity index is 1.38. The van der Waals surface area contributed by atoms with E-state index in [1.807, 2.05) is 28.5 Å². The van der Waals surface area contributed by atoms with Gasteiger partial charge in [-0.05, 0) is 31.0 Å². The maximum Gasteiger partial charge on any atom is 0.254 e. The number of benzene rings is 1. The summed E-state index contributed by atoms with van der Waals surface area (Å²) in [5.74, 6) is 0.223. The summed E-state index contributed by atoms with van der Waals surface area (Å²) in [7, 11) is 0. The molecule has 1 saturated carbocycles. The smallest absolute Gasteiger partial charge is 0.254 e. The first-order chi connectivity index (χ1) is 12.2. The largest absolute Gasteiger partial charge is 0.345 e. The molecular formula is C18H20N4O2S. The molecule has 1 aliphatic heterocycles. The summed E-state index contributed by atoms with van der Waals surface area (Å²) >= 11 is 1.62. The van der Waals surface area contributed by atoms with Crippen LogP contribution in [0.2, 0.25) is 0 Å². The zero-order chi connectivity index (χ0) is 17.2. The topological polar surface area (TPSA) is 65.5 Å². The highest BCUT2D eigenvalue weighted by molar-refractivity contribution is 7.13. The number of hydrogen-bond donors (Lipinski definition) is 1. The van der Waals surface area contributed by atoms with Gasteiger partial charge in [0.2, 0.25) is 5.91 Å². The van der Waals surface area contributed by atoms with E-state index in [-0.39, 0.29) is 17.7 Å². The highest BCUT2D eigenvalue weighted by atomic mass is 32.1. The molecule has 0 atom stereocenters. The van der Waals surface area contributed by atoms with Gasteiger partial charge in [0.15, 0.2) is 5.13 Å². The Morgan fingerprint density at radius 1 is 1.16 bits per heavy atom. The van der Waals surface area contributed by atoms with Crippen LogP contribution in [0.1, 0.15) is 23.2 Å². The molecule has 0 bridgehead atoms. The molecule has 2 amide bonds. The van der Waals surface area contributed by atoms with Crippen molar-refractivity contribution in [2.24, 2.45) is 5.92 Å². The summed E-state index contributed by atoms with van der Waals surface area (Å²) in [6.07, 6.45) is 3.74. The van der Waals surface area contributed by atoms with Gasteiger partial charge in [0, 0.05) is 54.9 Å². The van der Waals surface area contributed by atoms with Crippen molar-refractivity contribution < 1.29 is 9.59 Å². The Hall–Kier alpha value is -2.41. The summed E-state index contributed by atoms with van der Waals surface area (Å²) in [5.41, 5.74) is 1.32. The first-order valence-corrected chi connectivity index (χ1v) is 9.43.